The van der Waals surface area contributed by atoms with Crippen LogP contribution < -0.4 is 0 Å². The molecule has 0 N–H and O–H groups in total. The Kier molecular flexibility index (Phi) is 228. The fourth-order valence-electron chi connectivity index (χ4n) is 0. The van der Waals surface area contributed by atoms with Gasteiger partial charge in [-0.1, -0.05) is 0 Å². The first-order valence-corrected chi connectivity index (χ1v) is 0. The summed E-state index contributed by atoms with van der Waals surface area (Å²) in [6.07, 6.45) is 0. The molecule has 0 aliphatic heterocycles. The molecule has 0 fully saturated rings. The Morgan fingerprint density at radius 1 is 1.00 bits per heavy atom. The minimum atomic E-state index is 0. The predicted molar refractivity (Wildman–Crippen MR) is 0 cm³/mol. The summed E-state index contributed by atoms with van der Waals surface area (Å²) in [7, 11) is 0. The largest absolute Gasteiger partial charge is 0 e. The third-order valence-electron chi connectivity index (χ3n) is 0. The maximum absolute atomic E-state index is 0. The number of hydrogen-bond donors (Lipinski definition) is 0. The molecule has 0 atom stereocenters. The minimum Gasteiger partial charge on any atom is 0 e. The molecule has 5 heavy (non-hydrogen) atoms. The third-order valence-corrected chi connectivity index (χ3v) is 0. The van der Waals surface area contributed by atoms with Gasteiger partial charge in [-0.15, -0.1) is 0 Å². The van der Waals surface area contributed by atoms with E-state index in [1.54, 1.807) is 0 Å². The normalized spacial score (nSPS) is 0. The van der Waals surface area contributed by atoms with E-state index in [1.807, 2.05) is 0 Å². The molecular weight excluding hydrogens is 572 g/mol. The molecule has 0 nitrogen and oxygen atoms in total. The summed E-state index contributed by atoms with van der Waals surface area (Å²) in [6, 6.07) is 0. The van der Waals surface area contributed by atoms with Crippen molar-refractivity contribution in [3.8, 4) is 0 Å². The average Bonchev–Trinajstić information content (AvgIpc) is 0. The number of hydrogen-bond acceptors (Lipinski definition) is 0. The van der Waals surface area contributed by atoms with Crippen LogP contribution in [-0.4, -0.2) is 0 Å². The Hall–Kier alpha value is 3.16. The van der Waals surface area contributed by atoms with Crippen molar-refractivity contribution >= 4 is 0 Å². The Morgan fingerprint density at radius 2 is 1.00 bits per heavy atom. The van der Waals surface area contributed by atoms with Crippen LogP contribution in [0.3, 0.4) is 0 Å². The van der Waals surface area contributed by atoms with Crippen LogP contribution in [0.4, 0.5) is 0 Å². The van der Waals surface area contributed by atoms with Gasteiger partial charge in [-0.05, 0) is 0 Å². The summed E-state index contributed by atoms with van der Waals surface area (Å²) in [5.41, 5.74) is 0. The van der Waals surface area contributed by atoms with Crippen molar-refractivity contribution in [2.75, 3.05) is 0 Å². The van der Waals surface area contributed by atoms with E-state index in [4.69, 9.17) is 0 Å². The van der Waals surface area contributed by atoms with Crippen molar-refractivity contribution in [1.29, 1.82) is 0 Å². The van der Waals surface area contributed by atoms with E-state index >= 15 is 0 Å². The molecule has 0 aromatic heterocycles. The van der Waals surface area contributed by atoms with E-state index in [0.717, 1.165) is 0 Å². The van der Waals surface area contributed by atoms with Gasteiger partial charge in [0.25, 0.3) is 0 Å². The molecule has 0 aliphatic rings. The molecule has 0 aromatic rings. The van der Waals surface area contributed by atoms with Gasteiger partial charge in [0, 0.05) is 98.7 Å². The zero-order chi connectivity index (χ0) is 0. The molecule has 5 heteroatoms. The van der Waals surface area contributed by atoms with Gasteiger partial charge in [0.2, 0.25) is 0 Å². The zero-order valence-corrected chi connectivity index (χ0v) is 12.5. The molecule has 2 radical (unpaired) electrons. The minimum absolute atomic E-state index is 0. The number of rotatable bonds is 0. The van der Waals surface area contributed by atoms with E-state index in [0.29, 0.717) is 0 Å². The molecule has 0 bridgehead atoms. The van der Waals surface area contributed by atoms with Crippen LogP contribution in [0.2, 0.25) is 0 Å². The maximum Gasteiger partial charge on any atom is 0 e. The summed E-state index contributed by atoms with van der Waals surface area (Å²) in [5, 5.41) is 0. The monoisotopic (exact) mass is 574 g/mol. The Balaban J connectivity index is 0. The molecule has 0 saturated heterocycles. The topological polar surface area (TPSA) is 0 Å². The van der Waals surface area contributed by atoms with E-state index in [1.165, 1.54) is 0 Å². The van der Waals surface area contributed by atoms with Gasteiger partial charge in [-0.3, -0.25) is 0 Å². The van der Waals surface area contributed by atoms with Gasteiger partial charge in [-0.2, -0.15) is 0 Å². The molecule has 0 rings (SSSR count). The third kappa shape index (κ3) is 19.1. The van der Waals surface area contributed by atoms with Crippen LogP contribution in [-0.2, 0) is 98.7 Å². The molecule has 0 amide bonds. The van der Waals surface area contributed by atoms with E-state index in [-0.39, 0.29) is 98.7 Å². The summed E-state index contributed by atoms with van der Waals surface area (Å²) in [5.74, 6) is 0. The van der Waals surface area contributed by atoms with Crippen molar-refractivity contribution in [2.24, 2.45) is 0 Å². The quantitative estimate of drug-likeness (QED) is 0.359. The van der Waals surface area contributed by atoms with E-state index < -0.39 is 0 Å². The molecule has 0 unspecified atom stereocenters. The first-order valence-electron chi connectivity index (χ1n) is 0. The van der Waals surface area contributed by atoms with E-state index in [2.05, 4.69) is 0 Å². The van der Waals surface area contributed by atoms with Crippen molar-refractivity contribution in [2.45, 2.75) is 0 Å². The van der Waals surface area contributed by atoms with Crippen LogP contribution in [0, 0.1) is 0 Å². The standard InChI is InChI=1S/Co.Cr.Mo.Ta.W. The SMILES string of the molecule is [Co].[Cr].[Mo].[Ta].[W]. The molecular formula is CoCrMoTaW. The smallest absolute Gasteiger partial charge is 0 e. The second kappa shape index (κ2) is 27.2. The van der Waals surface area contributed by atoms with Gasteiger partial charge in [-0.25, -0.2) is 0 Å². The van der Waals surface area contributed by atoms with Crippen LogP contribution in [0.25, 0.3) is 0 Å². The van der Waals surface area contributed by atoms with E-state index in [9.17, 15) is 0 Å². The van der Waals surface area contributed by atoms with Gasteiger partial charge in [0.1, 0.15) is 0 Å². The van der Waals surface area contributed by atoms with Crippen molar-refractivity contribution < 1.29 is 98.7 Å². The fraction of sp³-hybridized carbons (Fsp3) is 0. The molecule has 0 heterocycles. The van der Waals surface area contributed by atoms with Crippen LogP contribution in [0.5, 0.6) is 0 Å². The van der Waals surface area contributed by atoms with Gasteiger partial charge in [0.15, 0.2) is 0 Å². The van der Waals surface area contributed by atoms with Crippen LogP contribution in [0.15, 0.2) is 0 Å². The summed E-state index contributed by atoms with van der Waals surface area (Å²) < 4.78 is 0. The second-order valence-electron chi connectivity index (χ2n) is 0. The van der Waals surface area contributed by atoms with Crippen molar-refractivity contribution in [3.05, 3.63) is 0 Å². The van der Waals surface area contributed by atoms with Gasteiger partial charge >= 0.3 is 0 Å². The maximum atomic E-state index is 0. The predicted octanol–water partition coefficient (Wildman–Crippen LogP) is -0.0125. The Bertz CT molecular complexity index is 11.6. The first-order chi connectivity index (χ1) is 0. The average molecular weight is 572 g/mol. The van der Waals surface area contributed by atoms with Crippen molar-refractivity contribution in [1.82, 2.24) is 0 Å². The first kappa shape index (κ1) is 41.9. The zero-order valence-electron chi connectivity index (χ0n) is 2.01. The Labute approximate surface area is 97.0 Å². The van der Waals surface area contributed by atoms with Gasteiger partial charge in [0.05, 0.1) is 0 Å². The fourth-order valence-corrected chi connectivity index (χ4v) is 0. The summed E-state index contributed by atoms with van der Waals surface area (Å²) in [6.45, 7) is 0. The second-order valence-corrected chi connectivity index (χ2v) is 0. The van der Waals surface area contributed by atoms with Crippen molar-refractivity contribution in [3.63, 3.8) is 0 Å². The molecule has 0 saturated carbocycles. The Morgan fingerprint density at radius 3 is 1.00 bits per heavy atom. The molecule has 0 spiro atoms. The summed E-state index contributed by atoms with van der Waals surface area (Å²) >= 11 is 0. The molecule has 0 aliphatic carbocycles. The molecule has 0 aromatic carbocycles. The van der Waals surface area contributed by atoms with Crippen LogP contribution in [0.1, 0.15) is 0 Å². The molecule has 32 valence electrons. The van der Waals surface area contributed by atoms with Crippen LogP contribution >= 0.6 is 0 Å². The van der Waals surface area contributed by atoms with Gasteiger partial charge < -0.3 is 0 Å². The summed E-state index contributed by atoms with van der Waals surface area (Å²) in [4.78, 5) is 0.